The SMILES string of the molecule is C/C=C/C1=Cc2c(cc(C=O)c(O)c2C)C1=O. The first-order valence-corrected chi connectivity index (χ1v) is 5.31. The molecule has 1 aromatic carbocycles. The first-order chi connectivity index (χ1) is 8.10. The molecule has 86 valence electrons. The molecule has 3 heteroatoms. The molecule has 3 nitrogen and oxygen atoms in total. The smallest absolute Gasteiger partial charge is 0.193 e. The summed E-state index contributed by atoms with van der Waals surface area (Å²) in [5.74, 6) is -0.158. The van der Waals surface area contributed by atoms with Crippen LogP contribution in [0.5, 0.6) is 5.75 Å². The van der Waals surface area contributed by atoms with E-state index in [9.17, 15) is 14.7 Å². The van der Waals surface area contributed by atoms with Crippen LogP contribution in [-0.4, -0.2) is 17.2 Å². The highest BCUT2D eigenvalue weighted by Gasteiger charge is 2.25. The first kappa shape index (κ1) is 11.3. The van der Waals surface area contributed by atoms with E-state index in [4.69, 9.17) is 0 Å². The lowest BCUT2D eigenvalue weighted by Crippen LogP contribution is -2.00. The van der Waals surface area contributed by atoms with Gasteiger partial charge in [0.25, 0.3) is 0 Å². The average molecular weight is 228 g/mol. The Bertz CT molecular complexity index is 578. The molecule has 0 atom stereocenters. The lowest BCUT2D eigenvalue weighted by atomic mass is 9.99. The van der Waals surface area contributed by atoms with Gasteiger partial charge in [-0.25, -0.2) is 0 Å². The fourth-order valence-corrected chi connectivity index (χ4v) is 1.99. The Balaban J connectivity index is 2.68. The predicted octanol–water partition coefficient (Wildman–Crippen LogP) is 2.67. The standard InChI is InChI=1S/C14H12O3/c1-3-4-9-5-11-8(2)13(16)10(7-15)6-12(11)14(9)17/h3-7,16H,1-2H3/b4-3+. The third-order valence-corrected chi connectivity index (χ3v) is 2.90. The number of hydrogen-bond acceptors (Lipinski definition) is 3. The number of carbonyl (C=O) groups excluding carboxylic acids is 2. The van der Waals surface area contributed by atoms with Crippen LogP contribution in [0.2, 0.25) is 0 Å². The summed E-state index contributed by atoms with van der Waals surface area (Å²) in [4.78, 5) is 22.8. The second-order valence-electron chi connectivity index (χ2n) is 3.95. The van der Waals surface area contributed by atoms with Crippen LogP contribution >= 0.6 is 0 Å². The van der Waals surface area contributed by atoms with Gasteiger partial charge in [-0.05, 0) is 37.1 Å². The van der Waals surface area contributed by atoms with Crippen molar-refractivity contribution in [2.45, 2.75) is 13.8 Å². The van der Waals surface area contributed by atoms with Crippen LogP contribution in [0.15, 0.2) is 23.8 Å². The van der Waals surface area contributed by atoms with Gasteiger partial charge in [0.15, 0.2) is 12.1 Å². The highest BCUT2D eigenvalue weighted by atomic mass is 16.3. The van der Waals surface area contributed by atoms with Crippen molar-refractivity contribution in [1.29, 1.82) is 0 Å². The summed E-state index contributed by atoms with van der Waals surface area (Å²) in [6.07, 6.45) is 5.80. The Morgan fingerprint density at radius 2 is 2.06 bits per heavy atom. The van der Waals surface area contributed by atoms with E-state index in [1.807, 2.05) is 6.92 Å². The first-order valence-electron chi connectivity index (χ1n) is 5.31. The molecular weight excluding hydrogens is 216 g/mol. The van der Waals surface area contributed by atoms with Crippen LogP contribution in [0.3, 0.4) is 0 Å². The van der Waals surface area contributed by atoms with Crippen molar-refractivity contribution >= 4 is 18.1 Å². The summed E-state index contributed by atoms with van der Waals surface area (Å²) >= 11 is 0. The van der Waals surface area contributed by atoms with E-state index in [1.165, 1.54) is 6.07 Å². The number of carbonyl (C=O) groups is 2. The molecule has 0 aliphatic heterocycles. The van der Waals surface area contributed by atoms with Gasteiger partial charge < -0.3 is 5.11 Å². The fourth-order valence-electron chi connectivity index (χ4n) is 1.99. The monoisotopic (exact) mass is 228 g/mol. The van der Waals surface area contributed by atoms with Crippen LogP contribution in [0.4, 0.5) is 0 Å². The number of Topliss-reactive ketones (excluding diaryl/α,β-unsaturated/α-hetero) is 1. The molecule has 0 spiro atoms. The molecule has 0 aromatic heterocycles. The van der Waals surface area contributed by atoms with Gasteiger partial charge in [0.1, 0.15) is 5.75 Å². The van der Waals surface area contributed by atoms with Gasteiger partial charge in [0.2, 0.25) is 0 Å². The molecule has 1 aliphatic rings. The normalized spacial score (nSPS) is 14.0. The molecule has 0 unspecified atom stereocenters. The lowest BCUT2D eigenvalue weighted by Gasteiger charge is -2.07. The highest BCUT2D eigenvalue weighted by Crippen LogP contribution is 2.34. The molecule has 0 bridgehead atoms. The largest absolute Gasteiger partial charge is 0.507 e. The van der Waals surface area contributed by atoms with Gasteiger partial charge in [0, 0.05) is 11.1 Å². The second kappa shape index (κ2) is 4.01. The minimum absolute atomic E-state index is 0.0514. The molecule has 0 amide bonds. The molecule has 1 aliphatic carbocycles. The van der Waals surface area contributed by atoms with E-state index in [0.29, 0.717) is 28.5 Å². The predicted molar refractivity (Wildman–Crippen MR) is 65.4 cm³/mol. The van der Waals surface area contributed by atoms with Crippen molar-refractivity contribution in [3.8, 4) is 5.75 Å². The summed E-state index contributed by atoms with van der Waals surface area (Å²) in [6.45, 7) is 3.53. The minimum atomic E-state index is -0.107. The van der Waals surface area contributed by atoms with E-state index < -0.39 is 0 Å². The Hall–Kier alpha value is -2.16. The number of benzene rings is 1. The molecule has 2 rings (SSSR count). The van der Waals surface area contributed by atoms with E-state index in [-0.39, 0.29) is 17.1 Å². The van der Waals surface area contributed by atoms with Crippen molar-refractivity contribution < 1.29 is 14.7 Å². The number of hydrogen-bond donors (Lipinski definition) is 1. The van der Waals surface area contributed by atoms with Crippen molar-refractivity contribution in [1.82, 2.24) is 0 Å². The van der Waals surface area contributed by atoms with E-state index in [2.05, 4.69) is 0 Å². The quantitative estimate of drug-likeness (QED) is 0.792. The number of phenols is 1. The van der Waals surface area contributed by atoms with Gasteiger partial charge in [0.05, 0.1) is 5.56 Å². The molecule has 0 heterocycles. The highest BCUT2D eigenvalue weighted by molar-refractivity contribution is 6.20. The van der Waals surface area contributed by atoms with Crippen LogP contribution in [-0.2, 0) is 0 Å². The van der Waals surface area contributed by atoms with Crippen molar-refractivity contribution in [2.75, 3.05) is 0 Å². The van der Waals surface area contributed by atoms with Crippen LogP contribution in [0.1, 0.15) is 38.8 Å². The van der Waals surface area contributed by atoms with E-state index in [0.717, 1.165) is 0 Å². The van der Waals surface area contributed by atoms with Crippen LogP contribution in [0.25, 0.3) is 6.08 Å². The zero-order valence-corrected chi connectivity index (χ0v) is 9.65. The van der Waals surface area contributed by atoms with Crippen LogP contribution < -0.4 is 0 Å². The third kappa shape index (κ3) is 1.60. The van der Waals surface area contributed by atoms with Gasteiger partial charge in [-0.15, -0.1) is 0 Å². The Morgan fingerprint density at radius 3 is 2.65 bits per heavy atom. The van der Waals surface area contributed by atoms with Crippen molar-refractivity contribution in [3.63, 3.8) is 0 Å². The third-order valence-electron chi connectivity index (χ3n) is 2.90. The zero-order chi connectivity index (χ0) is 12.6. The van der Waals surface area contributed by atoms with Gasteiger partial charge in [-0.1, -0.05) is 12.2 Å². The van der Waals surface area contributed by atoms with Gasteiger partial charge in [-0.3, -0.25) is 9.59 Å². The maximum Gasteiger partial charge on any atom is 0.193 e. The van der Waals surface area contributed by atoms with Gasteiger partial charge in [-0.2, -0.15) is 0 Å². The number of ketones is 1. The summed E-state index contributed by atoms with van der Waals surface area (Å²) in [7, 11) is 0. The number of allylic oxidation sites excluding steroid dienone is 3. The molecular formula is C14H12O3. The zero-order valence-electron chi connectivity index (χ0n) is 9.65. The van der Waals surface area contributed by atoms with Crippen molar-refractivity contribution in [2.24, 2.45) is 0 Å². The minimum Gasteiger partial charge on any atom is -0.507 e. The number of phenolic OH excluding ortho intramolecular Hbond substituents is 1. The number of aromatic hydroxyl groups is 1. The number of fused-ring (bicyclic) bond motifs is 1. The maximum atomic E-state index is 12.0. The Morgan fingerprint density at radius 1 is 1.35 bits per heavy atom. The summed E-state index contributed by atoms with van der Waals surface area (Å²) < 4.78 is 0. The number of rotatable bonds is 2. The Kier molecular flexibility index (Phi) is 2.68. The number of aldehydes is 1. The lowest BCUT2D eigenvalue weighted by molar-refractivity contribution is 0.104. The summed E-state index contributed by atoms with van der Waals surface area (Å²) in [5, 5.41) is 9.77. The van der Waals surface area contributed by atoms with Crippen molar-refractivity contribution in [3.05, 3.63) is 46.0 Å². The molecule has 0 fully saturated rings. The molecule has 1 aromatic rings. The molecule has 0 radical (unpaired) electrons. The maximum absolute atomic E-state index is 12.0. The summed E-state index contributed by atoms with van der Waals surface area (Å²) in [5.41, 5.74) is 2.48. The second-order valence-corrected chi connectivity index (χ2v) is 3.95. The average Bonchev–Trinajstić information content (AvgIpc) is 2.62. The van der Waals surface area contributed by atoms with E-state index >= 15 is 0 Å². The summed E-state index contributed by atoms with van der Waals surface area (Å²) in [6, 6.07) is 1.44. The Labute approximate surface area is 99.1 Å². The molecule has 1 N–H and O–H groups in total. The van der Waals surface area contributed by atoms with E-state index in [1.54, 1.807) is 25.2 Å². The molecule has 0 saturated carbocycles. The topological polar surface area (TPSA) is 54.4 Å². The fraction of sp³-hybridized carbons (Fsp3) is 0.143. The van der Waals surface area contributed by atoms with Gasteiger partial charge >= 0.3 is 0 Å². The molecule has 17 heavy (non-hydrogen) atoms. The molecule has 0 saturated heterocycles. The van der Waals surface area contributed by atoms with Crippen LogP contribution in [0, 0.1) is 6.92 Å².